The Morgan fingerprint density at radius 3 is 2.72 bits per heavy atom. The van der Waals surface area contributed by atoms with Gasteiger partial charge in [0.15, 0.2) is 0 Å². The van der Waals surface area contributed by atoms with E-state index in [9.17, 15) is 14.7 Å². The van der Waals surface area contributed by atoms with Crippen LogP contribution in [-0.4, -0.2) is 35.7 Å². The highest BCUT2D eigenvalue weighted by Crippen LogP contribution is 2.34. The second-order valence-electron chi connectivity index (χ2n) is 5.60. The summed E-state index contributed by atoms with van der Waals surface area (Å²) in [7, 11) is 0. The van der Waals surface area contributed by atoms with Crippen molar-refractivity contribution < 1.29 is 19.4 Å². The molecule has 2 rings (SSSR count). The van der Waals surface area contributed by atoms with Crippen molar-refractivity contribution in [1.29, 1.82) is 0 Å². The molecule has 1 aliphatic heterocycles. The van der Waals surface area contributed by atoms with Gasteiger partial charge in [0.1, 0.15) is 0 Å². The molecule has 2 N–H and O–H groups in total. The van der Waals surface area contributed by atoms with Crippen LogP contribution in [0.25, 0.3) is 0 Å². The van der Waals surface area contributed by atoms with E-state index in [1.807, 2.05) is 6.92 Å². The second-order valence-corrected chi connectivity index (χ2v) is 5.60. The van der Waals surface area contributed by atoms with Gasteiger partial charge in [-0.05, 0) is 26.2 Å². The summed E-state index contributed by atoms with van der Waals surface area (Å²) in [5.74, 6) is -1.45. The third-order valence-corrected chi connectivity index (χ3v) is 4.22. The molecule has 102 valence electrons. The molecule has 1 aliphatic carbocycles. The number of ether oxygens (including phenoxy) is 1. The van der Waals surface area contributed by atoms with Crippen LogP contribution < -0.4 is 5.32 Å². The zero-order chi connectivity index (χ0) is 13.2. The fraction of sp³-hybridized carbons (Fsp3) is 0.846. The van der Waals surface area contributed by atoms with Gasteiger partial charge < -0.3 is 15.2 Å². The first-order valence-electron chi connectivity index (χ1n) is 6.65. The summed E-state index contributed by atoms with van der Waals surface area (Å²) in [5.41, 5.74) is -0.607. The zero-order valence-corrected chi connectivity index (χ0v) is 10.8. The van der Waals surface area contributed by atoms with E-state index in [0.29, 0.717) is 19.6 Å². The molecule has 1 heterocycles. The Balaban J connectivity index is 2.03. The van der Waals surface area contributed by atoms with E-state index in [0.717, 1.165) is 25.7 Å². The molecular weight excluding hydrogens is 234 g/mol. The summed E-state index contributed by atoms with van der Waals surface area (Å²) in [6.45, 7) is 2.94. The average molecular weight is 255 g/mol. The maximum atomic E-state index is 12.1. The maximum absolute atomic E-state index is 12.1. The van der Waals surface area contributed by atoms with Crippen molar-refractivity contribution in [1.82, 2.24) is 5.32 Å². The molecule has 5 heteroatoms. The minimum atomic E-state index is -0.805. The van der Waals surface area contributed by atoms with Crippen LogP contribution in [0.15, 0.2) is 0 Å². The number of rotatable bonds is 3. The van der Waals surface area contributed by atoms with E-state index in [1.165, 1.54) is 0 Å². The summed E-state index contributed by atoms with van der Waals surface area (Å²) in [6.07, 6.45) is 4.02. The molecule has 3 atom stereocenters. The minimum absolute atomic E-state index is 0.0526. The molecule has 0 aromatic carbocycles. The van der Waals surface area contributed by atoms with Crippen molar-refractivity contribution in [2.75, 3.05) is 13.2 Å². The standard InChI is InChI=1S/C13H21NO4/c1-13(6-3-2-4-10(13)12(16)17)14-11(15)9-5-7-18-8-9/h9-10H,2-8H2,1H3,(H,14,15)(H,16,17). The van der Waals surface area contributed by atoms with Crippen LogP contribution in [0.1, 0.15) is 39.0 Å². The maximum Gasteiger partial charge on any atom is 0.308 e. The summed E-state index contributed by atoms with van der Waals surface area (Å²) >= 11 is 0. The number of carboxylic acid groups (broad SMARTS) is 1. The van der Waals surface area contributed by atoms with E-state index in [1.54, 1.807) is 0 Å². The van der Waals surface area contributed by atoms with E-state index in [2.05, 4.69) is 5.32 Å². The van der Waals surface area contributed by atoms with Crippen LogP contribution in [0.5, 0.6) is 0 Å². The molecule has 0 bridgehead atoms. The first-order chi connectivity index (χ1) is 8.53. The second kappa shape index (κ2) is 5.26. The van der Waals surface area contributed by atoms with Gasteiger partial charge in [0.05, 0.1) is 24.0 Å². The van der Waals surface area contributed by atoms with Crippen molar-refractivity contribution in [2.24, 2.45) is 11.8 Å². The van der Waals surface area contributed by atoms with Gasteiger partial charge in [-0.2, -0.15) is 0 Å². The number of nitrogens with one attached hydrogen (secondary N) is 1. The number of carboxylic acids is 1. The monoisotopic (exact) mass is 255 g/mol. The lowest BCUT2D eigenvalue weighted by Crippen LogP contribution is -2.56. The third-order valence-electron chi connectivity index (χ3n) is 4.22. The first-order valence-corrected chi connectivity index (χ1v) is 6.65. The smallest absolute Gasteiger partial charge is 0.308 e. The van der Waals surface area contributed by atoms with Crippen LogP contribution in [-0.2, 0) is 14.3 Å². The van der Waals surface area contributed by atoms with Crippen molar-refractivity contribution >= 4 is 11.9 Å². The fourth-order valence-corrected chi connectivity index (χ4v) is 3.00. The molecule has 2 fully saturated rings. The highest BCUT2D eigenvalue weighted by Gasteiger charge is 2.43. The topological polar surface area (TPSA) is 75.6 Å². The van der Waals surface area contributed by atoms with E-state index in [-0.39, 0.29) is 11.8 Å². The molecule has 18 heavy (non-hydrogen) atoms. The van der Waals surface area contributed by atoms with Crippen molar-refractivity contribution in [3.63, 3.8) is 0 Å². The molecule has 5 nitrogen and oxygen atoms in total. The molecular formula is C13H21NO4. The molecule has 3 unspecified atom stereocenters. The van der Waals surface area contributed by atoms with Gasteiger partial charge in [-0.1, -0.05) is 12.8 Å². The Kier molecular flexibility index (Phi) is 3.90. The molecule has 0 spiro atoms. The lowest BCUT2D eigenvalue weighted by atomic mass is 9.73. The van der Waals surface area contributed by atoms with Gasteiger partial charge in [0.2, 0.25) is 5.91 Å². The van der Waals surface area contributed by atoms with E-state index in [4.69, 9.17) is 4.74 Å². The van der Waals surface area contributed by atoms with Crippen LogP contribution in [0.4, 0.5) is 0 Å². The molecule has 1 amide bonds. The number of amides is 1. The highest BCUT2D eigenvalue weighted by atomic mass is 16.5. The summed E-state index contributed by atoms with van der Waals surface area (Å²) in [6, 6.07) is 0. The van der Waals surface area contributed by atoms with Crippen LogP contribution in [0, 0.1) is 11.8 Å². The van der Waals surface area contributed by atoms with Crippen molar-refractivity contribution in [2.45, 2.75) is 44.6 Å². The number of carbonyl (C=O) groups is 2. The number of carbonyl (C=O) groups excluding carboxylic acids is 1. The van der Waals surface area contributed by atoms with E-state index >= 15 is 0 Å². The predicted octanol–water partition coefficient (Wildman–Crippen LogP) is 1.17. The SMILES string of the molecule is CC1(NC(=O)C2CCOC2)CCCCC1C(=O)O. The van der Waals surface area contributed by atoms with Crippen molar-refractivity contribution in [3.8, 4) is 0 Å². The van der Waals surface area contributed by atoms with Gasteiger partial charge in [-0.25, -0.2) is 0 Å². The third kappa shape index (κ3) is 2.66. The van der Waals surface area contributed by atoms with Crippen molar-refractivity contribution in [3.05, 3.63) is 0 Å². The average Bonchev–Trinajstić information content (AvgIpc) is 2.81. The van der Waals surface area contributed by atoms with E-state index < -0.39 is 17.4 Å². The molecule has 0 aromatic heterocycles. The van der Waals surface area contributed by atoms with Gasteiger partial charge >= 0.3 is 5.97 Å². The Hall–Kier alpha value is -1.10. The molecule has 1 saturated heterocycles. The van der Waals surface area contributed by atoms with Crippen LogP contribution in [0.2, 0.25) is 0 Å². The van der Waals surface area contributed by atoms with Gasteiger partial charge in [0, 0.05) is 6.61 Å². The zero-order valence-electron chi connectivity index (χ0n) is 10.8. The Bertz CT molecular complexity index is 338. The summed E-state index contributed by atoms with van der Waals surface area (Å²) in [5, 5.41) is 12.2. The molecule has 0 radical (unpaired) electrons. The van der Waals surface area contributed by atoms with Gasteiger partial charge in [-0.3, -0.25) is 9.59 Å². The number of aliphatic carboxylic acids is 1. The molecule has 0 aromatic rings. The minimum Gasteiger partial charge on any atom is -0.481 e. The lowest BCUT2D eigenvalue weighted by Gasteiger charge is -2.40. The highest BCUT2D eigenvalue weighted by molar-refractivity contribution is 5.81. The quantitative estimate of drug-likeness (QED) is 0.794. The van der Waals surface area contributed by atoms with Gasteiger partial charge in [0.25, 0.3) is 0 Å². The van der Waals surface area contributed by atoms with Crippen LogP contribution >= 0.6 is 0 Å². The van der Waals surface area contributed by atoms with Crippen LogP contribution in [0.3, 0.4) is 0 Å². The Labute approximate surface area is 107 Å². The Morgan fingerprint density at radius 1 is 1.33 bits per heavy atom. The summed E-state index contributed by atoms with van der Waals surface area (Å²) in [4.78, 5) is 23.4. The first kappa shape index (κ1) is 13.3. The molecule has 2 aliphatic rings. The Morgan fingerprint density at radius 2 is 2.11 bits per heavy atom. The largest absolute Gasteiger partial charge is 0.481 e. The number of hydrogen-bond acceptors (Lipinski definition) is 3. The van der Waals surface area contributed by atoms with Gasteiger partial charge in [-0.15, -0.1) is 0 Å². The summed E-state index contributed by atoms with van der Waals surface area (Å²) < 4.78 is 5.20. The lowest BCUT2D eigenvalue weighted by molar-refractivity contribution is -0.147. The fourth-order valence-electron chi connectivity index (χ4n) is 3.00. The predicted molar refractivity (Wildman–Crippen MR) is 65.1 cm³/mol. The normalized spacial score (nSPS) is 36.3. The number of hydrogen-bond donors (Lipinski definition) is 2. The molecule has 1 saturated carbocycles.